The van der Waals surface area contributed by atoms with Crippen LogP contribution in [-0.4, -0.2) is 54.5 Å². The molecule has 8 heteroatoms. The number of aromatic nitrogens is 1. The third-order valence-electron chi connectivity index (χ3n) is 8.39. The summed E-state index contributed by atoms with van der Waals surface area (Å²) in [7, 11) is 0. The number of unbranched alkanes of at least 4 members (excludes halogenated alkanes) is 1. The molecule has 2 heterocycles. The van der Waals surface area contributed by atoms with Crippen LogP contribution in [0.2, 0.25) is 0 Å². The number of hydrogen-bond donors (Lipinski definition) is 2. The van der Waals surface area contributed by atoms with Crippen molar-refractivity contribution in [1.82, 2.24) is 15.2 Å². The van der Waals surface area contributed by atoms with Gasteiger partial charge in [0.15, 0.2) is 6.61 Å². The van der Waals surface area contributed by atoms with Crippen molar-refractivity contribution >= 4 is 11.8 Å². The van der Waals surface area contributed by atoms with Gasteiger partial charge in [-0.1, -0.05) is 29.8 Å². The van der Waals surface area contributed by atoms with Crippen molar-refractivity contribution < 1.29 is 18.7 Å². The Hall–Kier alpha value is -3.65. The number of rotatable bonds is 11. The molecule has 218 valence electrons. The molecule has 1 fully saturated rings. The normalized spacial score (nSPS) is 15.9. The summed E-state index contributed by atoms with van der Waals surface area (Å²) in [6, 6.07) is 12.4. The zero-order valence-electron chi connectivity index (χ0n) is 24.3. The number of nitrogens with zero attached hydrogens (tertiary/aromatic N) is 2. The maximum atomic E-state index is 12.7. The summed E-state index contributed by atoms with van der Waals surface area (Å²) < 4.78 is 11.8. The number of primary amides is 1. The lowest BCUT2D eigenvalue weighted by Gasteiger charge is -2.34. The van der Waals surface area contributed by atoms with E-state index in [0.717, 1.165) is 81.5 Å². The third-order valence-corrected chi connectivity index (χ3v) is 8.39. The van der Waals surface area contributed by atoms with Crippen LogP contribution in [0.1, 0.15) is 82.9 Å². The van der Waals surface area contributed by atoms with E-state index in [2.05, 4.69) is 27.3 Å². The van der Waals surface area contributed by atoms with Gasteiger partial charge in [0.2, 0.25) is 11.7 Å². The van der Waals surface area contributed by atoms with E-state index in [0.29, 0.717) is 24.0 Å². The summed E-state index contributed by atoms with van der Waals surface area (Å²) in [5, 5.41) is 2.99. The van der Waals surface area contributed by atoms with E-state index in [4.69, 9.17) is 14.9 Å². The number of carbonyl (C=O) groups is 2. The molecule has 2 aliphatic rings. The van der Waals surface area contributed by atoms with Gasteiger partial charge in [-0.05, 0) is 120 Å². The monoisotopic (exact) mass is 558 g/mol. The van der Waals surface area contributed by atoms with Gasteiger partial charge in [-0.15, -0.1) is 0 Å². The van der Waals surface area contributed by atoms with E-state index in [1.807, 2.05) is 31.2 Å². The Morgan fingerprint density at radius 1 is 1.05 bits per heavy atom. The molecule has 1 saturated heterocycles. The minimum atomic E-state index is -0.432. The molecule has 0 unspecified atom stereocenters. The van der Waals surface area contributed by atoms with Crippen molar-refractivity contribution in [3.8, 4) is 17.2 Å². The third kappa shape index (κ3) is 7.17. The van der Waals surface area contributed by atoms with Gasteiger partial charge in [-0.2, -0.15) is 0 Å². The maximum Gasteiger partial charge on any atom is 0.289 e. The van der Waals surface area contributed by atoms with E-state index >= 15 is 0 Å². The van der Waals surface area contributed by atoms with Crippen molar-refractivity contribution in [1.29, 1.82) is 0 Å². The fraction of sp³-hybridized carbons (Fsp3) is 0.485. The van der Waals surface area contributed by atoms with Crippen molar-refractivity contribution in [3.05, 3.63) is 70.1 Å². The molecule has 2 aromatic carbocycles. The van der Waals surface area contributed by atoms with E-state index in [1.54, 1.807) is 6.92 Å². The highest BCUT2D eigenvalue weighted by atomic mass is 16.5. The van der Waals surface area contributed by atoms with Crippen molar-refractivity contribution in [2.45, 2.75) is 71.1 Å². The predicted octanol–water partition coefficient (Wildman–Crippen LogP) is 5.09. The molecule has 0 saturated carbocycles. The number of aryl methyl sites for hydroxylation is 3. The fourth-order valence-corrected chi connectivity index (χ4v) is 6.08. The van der Waals surface area contributed by atoms with Crippen LogP contribution >= 0.6 is 0 Å². The first-order valence-electron chi connectivity index (χ1n) is 15.0. The summed E-state index contributed by atoms with van der Waals surface area (Å²) in [6.45, 7) is 7.44. The van der Waals surface area contributed by atoms with Crippen LogP contribution in [0.25, 0.3) is 11.5 Å². The molecule has 0 atom stereocenters. The highest BCUT2D eigenvalue weighted by Gasteiger charge is 2.26. The molecule has 3 aromatic rings. The summed E-state index contributed by atoms with van der Waals surface area (Å²) in [5.41, 5.74) is 11.9. The quantitative estimate of drug-likeness (QED) is 0.317. The Morgan fingerprint density at radius 2 is 1.80 bits per heavy atom. The summed E-state index contributed by atoms with van der Waals surface area (Å²) in [6.07, 6.45) is 8.50. The molecule has 5 rings (SSSR count). The van der Waals surface area contributed by atoms with E-state index in [-0.39, 0.29) is 18.3 Å². The zero-order valence-corrected chi connectivity index (χ0v) is 24.3. The molecular formula is C33H42N4O4. The molecule has 1 aliphatic heterocycles. The predicted molar refractivity (Wildman–Crippen MR) is 159 cm³/mol. The van der Waals surface area contributed by atoms with Gasteiger partial charge in [0.25, 0.3) is 11.8 Å². The first-order chi connectivity index (χ1) is 19.9. The van der Waals surface area contributed by atoms with E-state index in [1.165, 1.54) is 23.1 Å². The second-order valence-corrected chi connectivity index (χ2v) is 11.5. The van der Waals surface area contributed by atoms with E-state index in [9.17, 15) is 9.59 Å². The Kier molecular flexibility index (Phi) is 9.39. The van der Waals surface area contributed by atoms with Gasteiger partial charge in [0.1, 0.15) is 5.75 Å². The lowest BCUT2D eigenvalue weighted by atomic mass is 9.83. The fourth-order valence-electron chi connectivity index (χ4n) is 6.08. The molecule has 0 radical (unpaired) electrons. The van der Waals surface area contributed by atoms with Gasteiger partial charge < -0.3 is 25.1 Å². The molecule has 0 bridgehead atoms. The number of oxazole rings is 1. The second-order valence-electron chi connectivity index (χ2n) is 11.5. The lowest BCUT2D eigenvalue weighted by Crippen LogP contribution is -2.34. The number of benzene rings is 2. The van der Waals surface area contributed by atoms with Gasteiger partial charge in [0.05, 0.1) is 5.69 Å². The van der Waals surface area contributed by atoms with E-state index < -0.39 is 5.91 Å². The number of amides is 2. The highest BCUT2D eigenvalue weighted by Crippen LogP contribution is 2.40. The lowest BCUT2D eigenvalue weighted by molar-refractivity contribution is -0.120. The van der Waals surface area contributed by atoms with Crippen LogP contribution in [0.15, 0.2) is 40.8 Å². The van der Waals surface area contributed by atoms with Crippen LogP contribution in [0.3, 0.4) is 0 Å². The first-order valence-corrected chi connectivity index (χ1v) is 15.0. The van der Waals surface area contributed by atoms with Gasteiger partial charge in [-0.3, -0.25) is 9.59 Å². The van der Waals surface area contributed by atoms with Crippen LogP contribution in [0, 0.1) is 13.8 Å². The minimum absolute atomic E-state index is 0.0667. The average Bonchev–Trinajstić information content (AvgIpc) is 3.37. The van der Waals surface area contributed by atoms with Crippen molar-refractivity contribution in [2.24, 2.45) is 5.73 Å². The number of ether oxygens (including phenoxy) is 1. The number of hydrogen-bond acceptors (Lipinski definition) is 6. The largest absolute Gasteiger partial charge is 0.483 e. The summed E-state index contributed by atoms with van der Waals surface area (Å²) >= 11 is 0. The second kappa shape index (κ2) is 13.3. The van der Waals surface area contributed by atoms with Crippen LogP contribution < -0.4 is 15.8 Å². The molecule has 8 nitrogen and oxygen atoms in total. The highest BCUT2D eigenvalue weighted by molar-refractivity contribution is 5.92. The Balaban J connectivity index is 1.07. The molecule has 2 amide bonds. The number of piperidine rings is 1. The standard InChI is InChI=1S/C33H42N4O4/c1-22-9-11-26(12-10-22)33-36-23(2)30(41-33)32(39)35-17-5-6-18-37-19-15-25(16-20-37)28-14-13-24-7-3-4-8-27(24)31(28)40-21-29(34)38/h9-14,25H,3-8,15-21H2,1-2H3,(H2,34,38)(H,35,39). The smallest absolute Gasteiger partial charge is 0.289 e. The molecule has 0 spiro atoms. The average molecular weight is 559 g/mol. The van der Waals surface area contributed by atoms with Crippen LogP contribution in [0.5, 0.6) is 5.75 Å². The zero-order chi connectivity index (χ0) is 28.8. The van der Waals surface area contributed by atoms with Gasteiger partial charge >= 0.3 is 0 Å². The molecule has 1 aromatic heterocycles. The molecule has 3 N–H and O–H groups in total. The molecule has 41 heavy (non-hydrogen) atoms. The molecule has 1 aliphatic carbocycles. The maximum absolute atomic E-state index is 12.7. The topological polar surface area (TPSA) is 111 Å². The first kappa shape index (κ1) is 28.9. The van der Waals surface area contributed by atoms with Crippen molar-refractivity contribution in [2.75, 3.05) is 32.8 Å². The van der Waals surface area contributed by atoms with Gasteiger partial charge in [-0.25, -0.2) is 4.98 Å². The number of nitrogens with one attached hydrogen (secondary N) is 1. The SMILES string of the molecule is Cc1ccc(-c2nc(C)c(C(=O)NCCCCN3CCC(c4ccc5c(c4OCC(N)=O)CCCC5)CC3)o2)cc1. The number of fused-ring (bicyclic) bond motifs is 1. The minimum Gasteiger partial charge on any atom is -0.483 e. The van der Waals surface area contributed by atoms with Crippen LogP contribution in [-0.2, 0) is 17.6 Å². The number of nitrogens with two attached hydrogens (primary N) is 1. The Labute approximate surface area is 242 Å². The van der Waals surface area contributed by atoms with Crippen molar-refractivity contribution in [3.63, 3.8) is 0 Å². The Bertz CT molecular complexity index is 1360. The Morgan fingerprint density at radius 3 is 2.56 bits per heavy atom. The summed E-state index contributed by atoms with van der Waals surface area (Å²) in [5.74, 6) is 1.45. The van der Waals surface area contributed by atoms with Crippen LogP contribution in [0.4, 0.5) is 0 Å². The van der Waals surface area contributed by atoms with Gasteiger partial charge in [0, 0.05) is 12.1 Å². The number of likely N-dealkylation sites (tertiary alicyclic amines) is 1. The number of carbonyl (C=O) groups excluding carboxylic acids is 2. The molecular weight excluding hydrogens is 516 g/mol. The summed E-state index contributed by atoms with van der Waals surface area (Å²) in [4.78, 5) is 31.1.